The molecule has 8 heteroatoms. The molecule has 150 valence electrons. The van der Waals surface area contributed by atoms with Gasteiger partial charge in [-0.1, -0.05) is 5.16 Å². The lowest BCUT2D eigenvalue weighted by molar-refractivity contribution is 0.277. The predicted octanol–water partition coefficient (Wildman–Crippen LogP) is 3.84. The molecule has 3 N–H and O–H groups in total. The Labute approximate surface area is 168 Å². The highest BCUT2D eigenvalue weighted by Gasteiger charge is 2.30. The Kier molecular flexibility index (Phi) is 4.58. The number of aromatic nitrogens is 4. The average Bonchev–Trinajstić information content (AvgIpc) is 3.34. The van der Waals surface area contributed by atoms with Crippen LogP contribution in [0.25, 0.3) is 22.1 Å². The number of amidine groups is 1. The Hall–Kier alpha value is -3.08. The first kappa shape index (κ1) is 18.0. The number of rotatable bonds is 5. The van der Waals surface area contributed by atoms with Gasteiger partial charge in [0.1, 0.15) is 22.8 Å². The standard InChI is InChI=1S/C21H25N7O/c22-9-7-13-1-5-15(6-2-13)28-18(12-25-20(27-29)14-3-4-14)26-17-11-24-21-16(19(17)28)8-10-23-21/h8,10-11,13-15,29H,1-7,12H2,(H,23,24)(H,25,27). The topological polar surface area (TPSA) is 115 Å². The van der Waals surface area contributed by atoms with E-state index in [1.165, 1.54) is 0 Å². The Bertz CT molecular complexity index is 1090. The fraction of sp³-hybridized carbons (Fsp3) is 0.524. The zero-order valence-corrected chi connectivity index (χ0v) is 16.3. The van der Waals surface area contributed by atoms with Gasteiger partial charge in [0.05, 0.1) is 24.3 Å². The van der Waals surface area contributed by atoms with Crippen LogP contribution in [0, 0.1) is 23.2 Å². The summed E-state index contributed by atoms with van der Waals surface area (Å²) in [6.07, 6.45) is 10.8. The maximum absolute atomic E-state index is 9.32. The van der Waals surface area contributed by atoms with Gasteiger partial charge >= 0.3 is 0 Å². The van der Waals surface area contributed by atoms with E-state index in [9.17, 15) is 5.21 Å². The van der Waals surface area contributed by atoms with E-state index in [2.05, 4.69) is 37.1 Å². The van der Waals surface area contributed by atoms with Crippen molar-refractivity contribution in [2.45, 2.75) is 57.5 Å². The number of oxime groups is 1. The minimum atomic E-state index is 0.345. The summed E-state index contributed by atoms with van der Waals surface area (Å²) >= 11 is 0. The van der Waals surface area contributed by atoms with Gasteiger partial charge in [0.15, 0.2) is 0 Å². The van der Waals surface area contributed by atoms with Crippen LogP contribution >= 0.6 is 0 Å². The van der Waals surface area contributed by atoms with Gasteiger partial charge in [0.25, 0.3) is 0 Å². The zero-order valence-electron chi connectivity index (χ0n) is 16.3. The first-order valence-corrected chi connectivity index (χ1v) is 10.4. The molecule has 3 aromatic rings. The maximum atomic E-state index is 9.32. The molecule has 3 heterocycles. The van der Waals surface area contributed by atoms with Crippen molar-refractivity contribution in [3.63, 3.8) is 0 Å². The van der Waals surface area contributed by atoms with Crippen LogP contribution in [0.4, 0.5) is 0 Å². The molecule has 0 amide bonds. The van der Waals surface area contributed by atoms with Crippen LogP contribution in [0.1, 0.15) is 56.8 Å². The lowest BCUT2D eigenvalue weighted by Gasteiger charge is -2.30. The first-order chi connectivity index (χ1) is 14.3. The van der Waals surface area contributed by atoms with E-state index in [0.717, 1.165) is 66.4 Å². The molecular formula is C21H25N7O. The van der Waals surface area contributed by atoms with Gasteiger partial charge in [0, 0.05) is 30.0 Å². The highest BCUT2D eigenvalue weighted by atomic mass is 16.4. The molecule has 0 unspecified atom stereocenters. The van der Waals surface area contributed by atoms with E-state index in [1.807, 2.05) is 12.4 Å². The third-order valence-electron chi connectivity index (χ3n) is 6.37. The molecule has 5 rings (SSSR count). The highest BCUT2D eigenvalue weighted by Crippen LogP contribution is 2.38. The summed E-state index contributed by atoms with van der Waals surface area (Å²) < 4.78 is 2.37. The number of H-pyrrole nitrogens is 1. The molecule has 0 radical (unpaired) electrons. The van der Waals surface area contributed by atoms with Gasteiger partial charge in [-0.2, -0.15) is 5.26 Å². The van der Waals surface area contributed by atoms with Crippen molar-refractivity contribution < 1.29 is 5.21 Å². The summed E-state index contributed by atoms with van der Waals surface area (Å²) in [7, 11) is 0. The quantitative estimate of drug-likeness (QED) is 0.264. The second-order valence-corrected chi connectivity index (χ2v) is 8.28. The predicted molar refractivity (Wildman–Crippen MR) is 109 cm³/mol. The number of nitriles is 1. The molecule has 2 saturated carbocycles. The molecule has 0 spiro atoms. The lowest BCUT2D eigenvalue weighted by atomic mass is 9.84. The number of fused-ring (bicyclic) bond motifs is 3. The van der Waals surface area contributed by atoms with E-state index in [-0.39, 0.29) is 0 Å². The second-order valence-electron chi connectivity index (χ2n) is 8.28. The van der Waals surface area contributed by atoms with Crippen molar-refractivity contribution in [2.75, 3.05) is 0 Å². The molecule has 0 atom stereocenters. The molecule has 2 aliphatic carbocycles. The minimum Gasteiger partial charge on any atom is -0.409 e. The number of imidazole rings is 1. The number of nitrogens with zero attached hydrogens (tertiary/aromatic N) is 5. The van der Waals surface area contributed by atoms with Crippen LogP contribution in [0.2, 0.25) is 0 Å². The van der Waals surface area contributed by atoms with Crippen LogP contribution < -0.4 is 5.32 Å². The summed E-state index contributed by atoms with van der Waals surface area (Å²) in [5.41, 5.74) is 2.87. The summed E-state index contributed by atoms with van der Waals surface area (Å²) in [4.78, 5) is 12.6. The molecular weight excluding hydrogens is 366 g/mol. The van der Waals surface area contributed by atoms with Gasteiger partial charge in [0.2, 0.25) is 0 Å². The summed E-state index contributed by atoms with van der Waals surface area (Å²) in [6.45, 7) is 0.522. The molecule has 0 bridgehead atoms. The van der Waals surface area contributed by atoms with E-state index in [4.69, 9.17) is 10.2 Å². The van der Waals surface area contributed by atoms with Crippen LogP contribution in [0.15, 0.2) is 23.6 Å². The molecule has 0 aliphatic heterocycles. The number of pyridine rings is 1. The summed E-state index contributed by atoms with van der Waals surface area (Å²) in [5, 5.41) is 26.2. The molecule has 8 nitrogen and oxygen atoms in total. The van der Waals surface area contributed by atoms with Gasteiger partial charge in [-0.05, 0) is 50.5 Å². The molecule has 2 fully saturated rings. The maximum Gasteiger partial charge on any atom is 0.145 e. The Morgan fingerprint density at radius 2 is 2.14 bits per heavy atom. The Morgan fingerprint density at radius 1 is 1.31 bits per heavy atom. The zero-order chi connectivity index (χ0) is 19.8. The van der Waals surface area contributed by atoms with Gasteiger partial charge in [-0.25, -0.2) is 9.97 Å². The Balaban J connectivity index is 1.51. The van der Waals surface area contributed by atoms with Crippen LogP contribution in [-0.4, -0.2) is 30.6 Å². The fourth-order valence-corrected chi connectivity index (χ4v) is 4.68. The molecule has 2 aliphatic rings. The van der Waals surface area contributed by atoms with Crippen LogP contribution in [0.5, 0.6) is 0 Å². The fourth-order valence-electron chi connectivity index (χ4n) is 4.68. The lowest BCUT2D eigenvalue weighted by Crippen LogP contribution is -2.28. The summed E-state index contributed by atoms with van der Waals surface area (Å²) in [6, 6.07) is 4.74. The second kappa shape index (κ2) is 7.39. The monoisotopic (exact) mass is 391 g/mol. The van der Waals surface area contributed by atoms with Crippen molar-refractivity contribution >= 4 is 27.9 Å². The van der Waals surface area contributed by atoms with Gasteiger partial charge < -0.3 is 20.1 Å². The van der Waals surface area contributed by atoms with Crippen LogP contribution in [-0.2, 0) is 6.54 Å². The van der Waals surface area contributed by atoms with Gasteiger partial charge in [-0.3, -0.25) is 0 Å². The normalized spacial score (nSPS) is 22.8. The number of hydrogen-bond donors (Lipinski definition) is 3. The van der Waals surface area contributed by atoms with Crippen molar-refractivity contribution in [2.24, 2.45) is 17.0 Å². The van der Waals surface area contributed by atoms with Crippen molar-refractivity contribution in [1.29, 1.82) is 5.26 Å². The SMILES string of the molecule is N#CCC1CCC(n2c(CN/C(=N\O)C3CC3)nc3cnc4[nH]ccc4c32)CC1. The highest BCUT2D eigenvalue weighted by molar-refractivity contribution is 6.01. The molecule has 3 aromatic heterocycles. The third-order valence-corrected chi connectivity index (χ3v) is 6.37. The number of nitrogens with one attached hydrogen (secondary N) is 2. The number of aromatic amines is 1. The van der Waals surface area contributed by atoms with Crippen molar-refractivity contribution in [3.8, 4) is 6.07 Å². The molecule has 29 heavy (non-hydrogen) atoms. The van der Waals surface area contributed by atoms with Crippen molar-refractivity contribution in [3.05, 3.63) is 24.3 Å². The van der Waals surface area contributed by atoms with Crippen LogP contribution in [0.3, 0.4) is 0 Å². The largest absolute Gasteiger partial charge is 0.409 e. The molecule has 0 aromatic carbocycles. The summed E-state index contributed by atoms with van der Waals surface area (Å²) in [5.74, 6) is 2.45. The van der Waals surface area contributed by atoms with Gasteiger partial charge in [-0.15, -0.1) is 0 Å². The smallest absolute Gasteiger partial charge is 0.145 e. The van der Waals surface area contributed by atoms with E-state index in [0.29, 0.717) is 36.7 Å². The number of hydrogen-bond acceptors (Lipinski definition) is 5. The molecule has 0 saturated heterocycles. The minimum absolute atomic E-state index is 0.345. The third kappa shape index (κ3) is 3.31. The van der Waals surface area contributed by atoms with E-state index >= 15 is 0 Å². The van der Waals surface area contributed by atoms with E-state index in [1.54, 1.807) is 0 Å². The van der Waals surface area contributed by atoms with Crippen molar-refractivity contribution in [1.82, 2.24) is 24.8 Å². The first-order valence-electron chi connectivity index (χ1n) is 10.4. The van der Waals surface area contributed by atoms with E-state index < -0.39 is 0 Å². The average molecular weight is 391 g/mol. The Morgan fingerprint density at radius 3 is 2.86 bits per heavy atom.